The molecule has 0 atom stereocenters. The van der Waals surface area contributed by atoms with E-state index >= 15 is 0 Å². The minimum atomic E-state index is -0.236. The fourth-order valence-electron chi connectivity index (χ4n) is 1.97. The van der Waals surface area contributed by atoms with Crippen LogP contribution in [-0.2, 0) is 6.54 Å². The summed E-state index contributed by atoms with van der Waals surface area (Å²) in [6, 6.07) is 10.6. The van der Waals surface area contributed by atoms with Gasteiger partial charge in [-0.05, 0) is 42.3 Å². The minimum Gasteiger partial charge on any atom is -0.497 e. The van der Waals surface area contributed by atoms with Crippen LogP contribution >= 0.6 is 0 Å². The van der Waals surface area contributed by atoms with Gasteiger partial charge in [-0.15, -0.1) is 0 Å². The summed E-state index contributed by atoms with van der Waals surface area (Å²) in [6.45, 7) is 2.29. The molecule has 0 fully saturated rings. The Kier molecular flexibility index (Phi) is 3.63. The minimum absolute atomic E-state index is 0.236. The Morgan fingerprint density at radius 3 is 2.56 bits per heavy atom. The van der Waals surface area contributed by atoms with Crippen LogP contribution in [0.2, 0.25) is 0 Å². The van der Waals surface area contributed by atoms with Crippen LogP contribution in [0.4, 0.5) is 4.39 Å². The molecule has 2 aromatic rings. The Labute approximate surface area is 106 Å². The van der Waals surface area contributed by atoms with Gasteiger partial charge in [-0.3, -0.25) is 0 Å². The molecule has 0 aliphatic rings. The van der Waals surface area contributed by atoms with Crippen LogP contribution in [0.5, 0.6) is 5.75 Å². The lowest BCUT2D eigenvalue weighted by molar-refractivity contribution is 0.414. The third kappa shape index (κ3) is 2.36. The first-order valence-corrected chi connectivity index (χ1v) is 5.79. The van der Waals surface area contributed by atoms with Crippen molar-refractivity contribution < 1.29 is 9.13 Å². The van der Waals surface area contributed by atoms with Crippen molar-refractivity contribution in [2.45, 2.75) is 13.5 Å². The van der Waals surface area contributed by atoms with Gasteiger partial charge >= 0.3 is 0 Å². The van der Waals surface area contributed by atoms with Crippen LogP contribution in [-0.4, -0.2) is 7.11 Å². The number of aryl methyl sites for hydroxylation is 1. The van der Waals surface area contributed by atoms with Gasteiger partial charge < -0.3 is 10.5 Å². The van der Waals surface area contributed by atoms with Crippen molar-refractivity contribution in [3.8, 4) is 16.9 Å². The van der Waals surface area contributed by atoms with E-state index < -0.39 is 0 Å². The molecule has 0 spiro atoms. The van der Waals surface area contributed by atoms with Gasteiger partial charge in [0.1, 0.15) is 11.6 Å². The van der Waals surface area contributed by atoms with Crippen molar-refractivity contribution in [3.63, 3.8) is 0 Å². The number of benzene rings is 2. The van der Waals surface area contributed by atoms with E-state index in [1.165, 1.54) is 6.07 Å². The number of ether oxygens (including phenoxy) is 1. The Hall–Kier alpha value is -1.87. The van der Waals surface area contributed by atoms with Crippen molar-refractivity contribution in [2.75, 3.05) is 7.11 Å². The number of hydrogen-bond acceptors (Lipinski definition) is 2. The van der Waals surface area contributed by atoms with Crippen molar-refractivity contribution in [3.05, 3.63) is 53.3 Å². The highest BCUT2D eigenvalue weighted by Crippen LogP contribution is 2.29. The predicted molar refractivity (Wildman–Crippen MR) is 71.0 cm³/mol. The summed E-state index contributed by atoms with van der Waals surface area (Å²) >= 11 is 0. The highest BCUT2D eigenvalue weighted by atomic mass is 19.1. The number of nitrogens with two attached hydrogens (primary N) is 1. The zero-order valence-electron chi connectivity index (χ0n) is 10.5. The largest absolute Gasteiger partial charge is 0.497 e. The summed E-state index contributed by atoms with van der Waals surface area (Å²) in [6.07, 6.45) is 0. The Bertz CT molecular complexity index is 566. The Morgan fingerprint density at radius 2 is 1.89 bits per heavy atom. The summed E-state index contributed by atoms with van der Waals surface area (Å²) in [4.78, 5) is 0. The third-order valence-corrected chi connectivity index (χ3v) is 2.94. The molecule has 3 heteroatoms. The lowest BCUT2D eigenvalue weighted by Crippen LogP contribution is -2.01. The number of halogens is 1. The molecule has 18 heavy (non-hydrogen) atoms. The van der Waals surface area contributed by atoms with Gasteiger partial charge in [-0.1, -0.05) is 17.7 Å². The van der Waals surface area contributed by atoms with E-state index in [-0.39, 0.29) is 5.82 Å². The van der Waals surface area contributed by atoms with E-state index in [1.54, 1.807) is 13.2 Å². The second-order valence-corrected chi connectivity index (χ2v) is 4.21. The molecule has 0 radical (unpaired) electrons. The number of rotatable bonds is 3. The number of methoxy groups -OCH3 is 1. The summed E-state index contributed by atoms with van der Waals surface area (Å²) in [5.74, 6) is 0.493. The normalized spacial score (nSPS) is 10.4. The predicted octanol–water partition coefficient (Wildman–Crippen LogP) is 3.27. The maximum absolute atomic E-state index is 13.9. The van der Waals surface area contributed by atoms with E-state index in [9.17, 15) is 4.39 Å². The van der Waals surface area contributed by atoms with Gasteiger partial charge in [0.05, 0.1) is 7.11 Å². The van der Waals surface area contributed by atoms with Crippen LogP contribution in [0.15, 0.2) is 36.4 Å². The lowest BCUT2D eigenvalue weighted by Gasteiger charge is -2.11. The summed E-state index contributed by atoms with van der Waals surface area (Å²) in [5.41, 5.74) is 9.01. The molecule has 2 nitrogen and oxygen atoms in total. The fraction of sp³-hybridized carbons (Fsp3) is 0.200. The van der Waals surface area contributed by atoms with Gasteiger partial charge in [0.2, 0.25) is 0 Å². The first-order valence-electron chi connectivity index (χ1n) is 5.79. The van der Waals surface area contributed by atoms with Gasteiger partial charge in [-0.2, -0.15) is 0 Å². The van der Waals surface area contributed by atoms with Crippen LogP contribution in [0.1, 0.15) is 11.1 Å². The highest BCUT2D eigenvalue weighted by molar-refractivity contribution is 5.69. The van der Waals surface area contributed by atoms with Crippen LogP contribution in [0, 0.1) is 12.7 Å². The van der Waals surface area contributed by atoms with Gasteiger partial charge in [0, 0.05) is 12.1 Å². The molecule has 0 bridgehead atoms. The van der Waals surface area contributed by atoms with E-state index in [0.717, 1.165) is 22.4 Å². The van der Waals surface area contributed by atoms with Crippen molar-refractivity contribution >= 4 is 0 Å². The molecule has 0 aromatic heterocycles. The summed E-state index contributed by atoms with van der Waals surface area (Å²) in [5, 5.41) is 0. The lowest BCUT2D eigenvalue weighted by atomic mass is 9.97. The highest BCUT2D eigenvalue weighted by Gasteiger charge is 2.10. The van der Waals surface area contributed by atoms with Gasteiger partial charge in [-0.25, -0.2) is 4.39 Å². The monoisotopic (exact) mass is 245 g/mol. The van der Waals surface area contributed by atoms with Gasteiger partial charge in [0.15, 0.2) is 0 Å². The van der Waals surface area contributed by atoms with Crippen molar-refractivity contribution in [1.29, 1.82) is 0 Å². The molecule has 0 aliphatic carbocycles. The Balaban J connectivity index is 2.59. The standard InChI is InChI=1S/C15H16FNO/c1-10-3-6-15(16)14(7-10)13-5-4-12(18-2)8-11(13)9-17/h3-8H,9,17H2,1-2H3. The summed E-state index contributed by atoms with van der Waals surface area (Å²) in [7, 11) is 1.60. The van der Waals surface area contributed by atoms with E-state index in [4.69, 9.17) is 10.5 Å². The van der Waals surface area contributed by atoms with Crippen molar-refractivity contribution in [1.82, 2.24) is 0 Å². The topological polar surface area (TPSA) is 35.2 Å². The van der Waals surface area contributed by atoms with Gasteiger partial charge in [0.25, 0.3) is 0 Å². The van der Waals surface area contributed by atoms with Crippen molar-refractivity contribution in [2.24, 2.45) is 5.73 Å². The molecule has 0 heterocycles. The zero-order chi connectivity index (χ0) is 13.1. The van der Waals surface area contributed by atoms with Crippen LogP contribution in [0.3, 0.4) is 0 Å². The van der Waals surface area contributed by atoms with Crippen LogP contribution in [0.25, 0.3) is 11.1 Å². The molecule has 0 amide bonds. The molecule has 0 saturated carbocycles. The maximum atomic E-state index is 13.9. The summed E-state index contributed by atoms with van der Waals surface area (Å²) < 4.78 is 19.0. The van der Waals surface area contributed by atoms with E-state index in [0.29, 0.717) is 12.1 Å². The third-order valence-electron chi connectivity index (χ3n) is 2.94. The first-order chi connectivity index (χ1) is 8.65. The second kappa shape index (κ2) is 5.19. The Morgan fingerprint density at radius 1 is 1.11 bits per heavy atom. The average molecular weight is 245 g/mol. The molecule has 2 rings (SSSR count). The number of hydrogen-bond donors (Lipinski definition) is 1. The molecular formula is C15H16FNO. The molecule has 0 unspecified atom stereocenters. The molecule has 2 aromatic carbocycles. The molecule has 0 saturated heterocycles. The maximum Gasteiger partial charge on any atom is 0.131 e. The molecular weight excluding hydrogens is 229 g/mol. The zero-order valence-corrected chi connectivity index (χ0v) is 10.5. The van der Waals surface area contributed by atoms with E-state index in [1.807, 2.05) is 31.2 Å². The van der Waals surface area contributed by atoms with Crippen LogP contribution < -0.4 is 10.5 Å². The first kappa shape index (κ1) is 12.6. The molecule has 0 aliphatic heterocycles. The van der Waals surface area contributed by atoms with E-state index in [2.05, 4.69) is 0 Å². The SMILES string of the molecule is COc1ccc(-c2cc(C)ccc2F)c(CN)c1. The quantitative estimate of drug-likeness (QED) is 0.900. The molecule has 2 N–H and O–H groups in total. The smallest absolute Gasteiger partial charge is 0.131 e. The fourth-order valence-corrected chi connectivity index (χ4v) is 1.97. The molecule has 94 valence electrons. The second-order valence-electron chi connectivity index (χ2n) is 4.21. The average Bonchev–Trinajstić information content (AvgIpc) is 2.41.